The number of nitrogens with one attached hydrogen (secondary N) is 1. The summed E-state index contributed by atoms with van der Waals surface area (Å²) in [5.41, 5.74) is 0.760. The maximum absolute atomic E-state index is 11.8. The largest absolute Gasteiger partial charge is 0.376 e. The molecule has 1 amide bonds. The minimum Gasteiger partial charge on any atom is -0.376 e. The summed E-state index contributed by atoms with van der Waals surface area (Å²) in [6, 6.07) is 1.90. The molecule has 3 rings (SSSR count). The van der Waals surface area contributed by atoms with Crippen LogP contribution in [0.5, 0.6) is 0 Å². The van der Waals surface area contributed by atoms with Gasteiger partial charge in [-0.15, -0.1) is 16.8 Å². The summed E-state index contributed by atoms with van der Waals surface area (Å²) in [7, 11) is 1.86. The first kappa shape index (κ1) is 17.7. The molecule has 1 N–H and O–H groups in total. The SMILES string of the molecule is C=CCNC(=O)CSc1nnc(-c2ccn(C)n2)n1C[C@@H]1CCCO1. The van der Waals surface area contributed by atoms with E-state index in [4.69, 9.17) is 4.74 Å². The van der Waals surface area contributed by atoms with E-state index in [-0.39, 0.29) is 17.8 Å². The third-order valence-electron chi connectivity index (χ3n) is 3.85. The highest BCUT2D eigenvalue weighted by Crippen LogP contribution is 2.25. The van der Waals surface area contributed by atoms with Gasteiger partial charge in [0.15, 0.2) is 11.0 Å². The molecule has 1 fully saturated rings. The molecule has 0 saturated carbocycles. The van der Waals surface area contributed by atoms with Gasteiger partial charge in [-0.2, -0.15) is 5.10 Å². The summed E-state index contributed by atoms with van der Waals surface area (Å²) < 4.78 is 9.49. The van der Waals surface area contributed by atoms with E-state index >= 15 is 0 Å². The van der Waals surface area contributed by atoms with Crippen molar-refractivity contribution < 1.29 is 9.53 Å². The number of ether oxygens (including phenoxy) is 1. The van der Waals surface area contributed by atoms with Crippen LogP contribution in [0.25, 0.3) is 11.5 Å². The fourth-order valence-electron chi connectivity index (χ4n) is 2.64. The molecule has 0 bridgehead atoms. The molecule has 25 heavy (non-hydrogen) atoms. The second-order valence-electron chi connectivity index (χ2n) is 5.81. The Morgan fingerprint density at radius 2 is 2.44 bits per heavy atom. The third kappa shape index (κ3) is 4.49. The second kappa shape index (κ2) is 8.30. The normalized spacial score (nSPS) is 16.9. The van der Waals surface area contributed by atoms with Gasteiger partial charge in [0, 0.05) is 26.4 Å². The first-order valence-corrected chi connectivity index (χ1v) is 9.21. The highest BCUT2D eigenvalue weighted by molar-refractivity contribution is 7.99. The average Bonchev–Trinajstić information content (AvgIpc) is 3.33. The molecule has 0 spiro atoms. The fourth-order valence-corrected chi connectivity index (χ4v) is 3.42. The fraction of sp³-hybridized carbons (Fsp3) is 0.500. The van der Waals surface area contributed by atoms with E-state index in [0.29, 0.717) is 24.1 Å². The lowest BCUT2D eigenvalue weighted by Gasteiger charge is -2.13. The Bertz CT molecular complexity index is 735. The summed E-state index contributed by atoms with van der Waals surface area (Å²) in [5, 5.41) is 16.4. The Balaban J connectivity index is 1.77. The molecule has 134 valence electrons. The molecule has 3 heterocycles. The van der Waals surface area contributed by atoms with Crippen LogP contribution in [0, 0.1) is 0 Å². The molecule has 0 aromatic carbocycles. The number of aromatic nitrogens is 5. The van der Waals surface area contributed by atoms with Gasteiger partial charge in [0.05, 0.1) is 18.4 Å². The Labute approximate surface area is 150 Å². The van der Waals surface area contributed by atoms with Crippen molar-refractivity contribution in [2.24, 2.45) is 7.05 Å². The van der Waals surface area contributed by atoms with Gasteiger partial charge in [-0.1, -0.05) is 17.8 Å². The van der Waals surface area contributed by atoms with E-state index in [2.05, 4.69) is 27.2 Å². The van der Waals surface area contributed by atoms with Crippen LogP contribution in [0.15, 0.2) is 30.1 Å². The lowest BCUT2D eigenvalue weighted by Crippen LogP contribution is -2.25. The standard InChI is InChI=1S/C16H22N6O2S/c1-3-7-17-14(23)11-25-16-19-18-15(13-6-8-21(2)20-13)22(16)10-12-5-4-9-24-12/h3,6,8,12H,1,4-5,7,9-11H2,2H3,(H,17,23)/t12-/m0/s1. The van der Waals surface area contributed by atoms with Crippen molar-refractivity contribution in [3.8, 4) is 11.5 Å². The summed E-state index contributed by atoms with van der Waals surface area (Å²) >= 11 is 1.36. The molecule has 0 radical (unpaired) electrons. The van der Waals surface area contributed by atoms with Gasteiger partial charge in [0.2, 0.25) is 5.91 Å². The van der Waals surface area contributed by atoms with E-state index in [1.807, 2.05) is 23.9 Å². The predicted molar refractivity (Wildman–Crippen MR) is 95.1 cm³/mol. The van der Waals surface area contributed by atoms with Crippen LogP contribution >= 0.6 is 11.8 Å². The molecule has 9 heteroatoms. The van der Waals surface area contributed by atoms with Crippen LogP contribution in [0.3, 0.4) is 0 Å². The first-order valence-electron chi connectivity index (χ1n) is 8.22. The van der Waals surface area contributed by atoms with Gasteiger partial charge in [-0.3, -0.25) is 14.0 Å². The molecule has 1 aliphatic heterocycles. The number of aryl methyl sites for hydroxylation is 1. The van der Waals surface area contributed by atoms with Gasteiger partial charge in [0.25, 0.3) is 0 Å². The maximum Gasteiger partial charge on any atom is 0.230 e. The van der Waals surface area contributed by atoms with Gasteiger partial charge >= 0.3 is 0 Å². The smallest absolute Gasteiger partial charge is 0.230 e. The van der Waals surface area contributed by atoms with Crippen molar-refractivity contribution in [3.63, 3.8) is 0 Å². The van der Waals surface area contributed by atoms with Crippen molar-refractivity contribution in [2.75, 3.05) is 18.9 Å². The van der Waals surface area contributed by atoms with Crippen LogP contribution in [-0.2, 0) is 23.1 Å². The van der Waals surface area contributed by atoms with Crippen molar-refractivity contribution in [1.29, 1.82) is 0 Å². The number of nitrogens with zero attached hydrogens (tertiary/aromatic N) is 5. The van der Waals surface area contributed by atoms with Crippen LogP contribution in [0.2, 0.25) is 0 Å². The number of amides is 1. The molecule has 1 atom stereocenters. The lowest BCUT2D eigenvalue weighted by molar-refractivity contribution is -0.118. The zero-order valence-electron chi connectivity index (χ0n) is 14.2. The number of carbonyl (C=O) groups excluding carboxylic acids is 1. The number of rotatable bonds is 8. The van der Waals surface area contributed by atoms with Gasteiger partial charge in [-0.25, -0.2) is 0 Å². The highest BCUT2D eigenvalue weighted by Gasteiger charge is 2.23. The maximum atomic E-state index is 11.8. The lowest BCUT2D eigenvalue weighted by atomic mass is 10.2. The molecular formula is C16H22N6O2S. The van der Waals surface area contributed by atoms with E-state index in [0.717, 1.165) is 25.1 Å². The molecular weight excluding hydrogens is 340 g/mol. The van der Waals surface area contributed by atoms with Crippen molar-refractivity contribution in [3.05, 3.63) is 24.9 Å². The Morgan fingerprint density at radius 3 is 3.12 bits per heavy atom. The molecule has 1 aliphatic rings. The third-order valence-corrected chi connectivity index (χ3v) is 4.81. The van der Waals surface area contributed by atoms with E-state index < -0.39 is 0 Å². The quantitative estimate of drug-likeness (QED) is 0.562. The van der Waals surface area contributed by atoms with Crippen LogP contribution in [-0.4, -0.2) is 55.5 Å². The number of hydrogen-bond donors (Lipinski definition) is 1. The topological polar surface area (TPSA) is 86.9 Å². The first-order chi connectivity index (χ1) is 12.2. The average molecular weight is 362 g/mol. The van der Waals surface area contributed by atoms with Crippen LogP contribution in [0.4, 0.5) is 0 Å². The monoisotopic (exact) mass is 362 g/mol. The summed E-state index contributed by atoms with van der Waals surface area (Å²) in [5.74, 6) is 0.917. The summed E-state index contributed by atoms with van der Waals surface area (Å²) in [6.07, 6.45) is 5.76. The molecule has 1 saturated heterocycles. The number of carbonyl (C=O) groups is 1. The van der Waals surface area contributed by atoms with E-state index in [9.17, 15) is 4.79 Å². The van der Waals surface area contributed by atoms with Gasteiger partial charge < -0.3 is 10.1 Å². The van der Waals surface area contributed by atoms with Crippen LogP contribution in [0.1, 0.15) is 12.8 Å². The molecule has 0 aliphatic carbocycles. The Hall–Kier alpha value is -2.13. The zero-order valence-corrected chi connectivity index (χ0v) is 15.0. The van der Waals surface area contributed by atoms with Gasteiger partial charge in [-0.05, 0) is 18.9 Å². The van der Waals surface area contributed by atoms with Crippen molar-refractivity contribution >= 4 is 17.7 Å². The molecule has 2 aromatic heterocycles. The summed E-state index contributed by atoms with van der Waals surface area (Å²) in [4.78, 5) is 11.8. The van der Waals surface area contributed by atoms with Crippen LogP contribution < -0.4 is 5.32 Å². The van der Waals surface area contributed by atoms with Crippen molar-refractivity contribution in [1.82, 2.24) is 29.9 Å². The molecule has 8 nitrogen and oxygen atoms in total. The highest BCUT2D eigenvalue weighted by atomic mass is 32.2. The van der Waals surface area contributed by atoms with Crippen molar-refractivity contribution in [2.45, 2.75) is 30.6 Å². The minimum atomic E-state index is -0.0593. The minimum absolute atomic E-state index is 0.0593. The van der Waals surface area contributed by atoms with Gasteiger partial charge in [0.1, 0.15) is 5.69 Å². The predicted octanol–water partition coefficient (Wildman–Crippen LogP) is 1.25. The van der Waals surface area contributed by atoms with E-state index in [1.54, 1.807) is 10.8 Å². The van der Waals surface area contributed by atoms with E-state index in [1.165, 1.54) is 11.8 Å². The second-order valence-corrected chi connectivity index (χ2v) is 6.75. The molecule has 2 aromatic rings. The number of thioether (sulfide) groups is 1. The Morgan fingerprint density at radius 1 is 1.56 bits per heavy atom. The summed E-state index contributed by atoms with van der Waals surface area (Å²) in [6.45, 7) is 5.50. The number of hydrogen-bond acceptors (Lipinski definition) is 6. The molecule has 0 unspecified atom stereocenters. The Kier molecular flexibility index (Phi) is 5.87. The zero-order chi connectivity index (χ0) is 17.6.